The summed E-state index contributed by atoms with van der Waals surface area (Å²) in [4.78, 5) is 8.65. The lowest BCUT2D eigenvalue weighted by Gasteiger charge is -2.00. The fourth-order valence-electron chi connectivity index (χ4n) is 1.43. The largest absolute Gasteiger partial charge is 0.310 e. The van der Waals surface area contributed by atoms with Crippen LogP contribution in [0.2, 0.25) is 0 Å². The van der Waals surface area contributed by atoms with E-state index in [2.05, 4.69) is 15.3 Å². The van der Waals surface area contributed by atoms with Gasteiger partial charge in [-0.25, -0.2) is 18.5 Å². The first kappa shape index (κ1) is 14.1. The molecule has 19 heavy (non-hydrogen) atoms. The molecule has 0 aliphatic carbocycles. The molecule has 2 aromatic heterocycles. The van der Waals surface area contributed by atoms with E-state index in [1.54, 1.807) is 6.20 Å². The van der Waals surface area contributed by atoms with Crippen molar-refractivity contribution in [1.29, 1.82) is 0 Å². The lowest BCUT2D eigenvalue weighted by atomic mass is 10.4. The first-order valence-electron chi connectivity index (χ1n) is 5.61. The molecule has 102 valence electrons. The Kier molecular flexibility index (Phi) is 4.59. The monoisotopic (exact) mass is 298 g/mol. The summed E-state index contributed by atoms with van der Waals surface area (Å²) in [6.45, 7) is 0.828. The van der Waals surface area contributed by atoms with Crippen molar-refractivity contribution in [3.8, 4) is 10.7 Å². The maximum Gasteiger partial charge on any atom is 0.210 e. The molecule has 0 saturated heterocycles. The summed E-state index contributed by atoms with van der Waals surface area (Å²) in [5, 5.41) is 10.7. The molecule has 0 saturated carbocycles. The van der Waals surface area contributed by atoms with E-state index >= 15 is 0 Å². The van der Waals surface area contributed by atoms with Crippen LogP contribution in [0.3, 0.4) is 0 Å². The third-order valence-electron chi connectivity index (χ3n) is 2.31. The Hall–Kier alpha value is -1.35. The number of sulfonamides is 1. The number of nitrogens with zero attached hydrogens (tertiary/aromatic N) is 2. The minimum atomic E-state index is -3.41. The molecule has 6 nitrogen and oxygen atoms in total. The van der Waals surface area contributed by atoms with E-state index in [4.69, 9.17) is 5.14 Å². The highest BCUT2D eigenvalue weighted by Crippen LogP contribution is 2.20. The zero-order valence-corrected chi connectivity index (χ0v) is 11.7. The van der Waals surface area contributed by atoms with Crippen LogP contribution in [-0.4, -0.2) is 30.7 Å². The van der Waals surface area contributed by atoms with Gasteiger partial charge in [0.1, 0.15) is 5.01 Å². The highest BCUT2D eigenvalue weighted by Gasteiger charge is 2.06. The number of nitrogens with one attached hydrogen (secondary N) is 1. The van der Waals surface area contributed by atoms with Crippen molar-refractivity contribution in [3.63, 3.8) is 0 Å². The van der Waals surface area contributed by atoms with Crippen LogP contribution in [-0.2, 0) is 16.6 Å². The second-order valence-electron chi connectivity index (χ2n) is 3.90. The van der Waals surface area contributed by atoms with Gasteiger partial charge in [0.05, 0.1) is 17.1 Å². The Bertz CT molecular complexity index is 625. The first-order valence-corrected chi connectivity index (χ1v) is 8.21. The van der Waals surface area contributed by atoms with Gasteiger partial charge in [0.2, 0.25) is 10.0 Å². The number of hydrogen-bond donors (Lipinski definition) is 2. The second kappa shape index (κ2) is 6.20. The van der Waals surface area contributed by atoms with Crippen molar-refractivity contribution in [2.24, 2.45) is 5.14 Å². The lowest BCUT2D eigenvalue weighted by molar-refractivity contribution is 0.592. The maximum atomic E-state index is 10.7. The van der Waals surface area contributed by atoms with Gasteiger partial charge >= 0.3 is 0 Å². The number of hydrogen-bond acceptors (Lipinski definition) is 6. The predicted molar refractivity (Wildman–Crippen MR) is 75.0 cm³/mol. The molecule has 2 rings (SSSR count). The van der Waals surface area contributed by atoms with Crippen LogP contribution in [0.5, 0.6) is 0 Å². The summed E-state index contributed by atoms with van der Waals surface area (Å²) >= 11 is 1.51. The van der Waals surface area contributed by atoms with Crippen LogP contribution in [0.25, 0.3) is 10.7 Å². The second-order valence-corrected chi connectivity index (χ2v) is 6.49. The van der Waals surface area contributed by atoms with Crippen LogP contribution >= 0.6 is 11.3 Å². The van der Waals surface area contributed by atoms with Gasteiger partial charge in [-0.2, -0.15) is 0 Å². The number of thiazole rings is 1. The number of rotatable bonds is 6. The van der Waals surface area contributed by atoms with E-state index in [1.807, 2.05) is 23.6 Å². The molecule has 0 aliphatic heterocycles. The summed E-state index contributed by atoms with van der Waals surface area (Å²) in [5.41, 5.74) is 1.70. The molecule has 0 bridgehead atoms. The summed E-state index contributed by atoms with van der Waals surface area (Å²) in [6, 6.07) is 5.66. The summed E-state index contributed by atoms with van der Waals surface area (Å²) in [6.07, 6.45) is 1.72. The van der Waals surface area contributed by atoms with E-state index in [0.29, 0.717) is 13.1 Å². The van der Waals surface area contributed by atoms with E-state index in [9.17, 15) is 8.42 Å². The van der Waals surface area contributed by atoms with E-state index in [0.717, 1.165) is 16.4 Å². The molecule has 0 atom stereocenters. The number of pyridine rings is 1. The fraction of sp³-hybridized carbons (Fsp3) is 0.273. The Morgan fingerprint density at radius 2 is 2.21 bits per heavy atom. The third kappa shape index (κ3) is 4.67. The number of nitrogens with two attached hydrogens (primary N) is 1. The maximum absolute atomic E-state index is 10.7. The average molecular weight is 298 g/mol. The summed E-state index contributed by atoms with van der Waals surface area (Å²) in [5.74, 6) is -0.0791. The van der Waals surface area contributed by atoms with Gasteiger partial charge < -0.3 is 5.32 Å². The van der Waals surface area contributed by atoms with Crippen LogP contribution in [0.1, 0.15) is 5.69 Å². The van der Waals surface area contributed by atoms with Crippen molar-refractivity contribution in [1.82, 2.24) is 15.3 Å². The number of primary sulfonamides is 1. The standard InChI is InChI=1S/C11H14N4O2S2/c12-19(16,17)6-5-13-7-9-8-18-11(15-9)10-3-1-2-4-14-10/h1-4,8,13H,5-7H2,(H2,12,16,17). The smallest absolute Gasteiger partial charge is 0.210 e. The van der Waals surface area contributed by atoms with Crippen molar-refractivity contribution < 1.29 is 8.42 Å². The Morgan fingerprint density at radius 3 is 2.89 bits per heavy atom. The third-order valence-corrected chi connectivity index (χ3v) is 3.99. The first-order chi connectivity index (χ1) is 9.04. The fourth-order valence-corrected chi connectivity index (χ4v) is 2.65. The molecule has 0 aromatic carbocycles. The molecule has 0 unspecified atom stereocenters. The van der Waals surface area contributed by atoms with Crippen molar-refractivity contribution in [3.05, 3.63) is 35.5 Å². The van der Waals surface area contributed by atoms with Crippen LogP contribution in [0, 0.1) is 0 Å². The average Bonchev–Trinajstić information content (AvgIpc) is 2.83. The molecule has 8 heteroatoms. The Morgan fingerprint density at radius 1 is 1.37 bits per heavy atom. The summed E-state index contributed by atoms with van der Waals surface area (Å²) in [7, 11) is -3.41. The predicted octanol–water partition coefficient (Wildman–Crippen LogP) is 0.583. The van der Waals surface area contributed by atoms with Crippen molar-refractivity contribution in [2.75, 3.05) is 12.3 Å². The molecule has 2 aromatic rings. The normalized spacial score (nSPS) is 11.6. The van der Waals surface area contributed by atoms with E-state index in [-0.39, 0.29) is 5.75 Å². The van der Waals surface area contributed by atoms with Crippen molar-refractivity contribution in [2.45, 2.75) is 6.54 Å². The van der Waals surface area contributed by atoms with Gasteiger partial charge in [-0.15, -0.1) is 11.3 Å². The van der Waals surface area contributed by atoms with E-state index in [1.165, 1.54) is 11.3 Å². The van der Waals surface area contributed by atoms with Crippen LogP contribution < -0.4 is 10.5 Å². The van der Waals surface area contributed by atoms with Gasteiger partial charge in [-0.3, -0.25) is 4.98 Å². The molecular weight excluding hydrogens is 284 g/mol. The topological polar surface area (TPSA) is 98.0 Å². The van der Waals surface area contributed by atoms with E-state index < -0.39 is 10.0 Å². The molecule has 2 heterocycles. The molecule has 3 N–H and O–H groups in total. The highest BCUT2D eigenvalue weighted by molar-refractivity contribution is 7.89. The van der Waals surface area contributed by atoms with Crippen LogP contribution in [0.15, 0.2) is 29.8 Å². The molecular formula is C11H14N4O2S2. The molecule has 0 fully saturated rings. The lowest BCUT2D eigenvalue weighted by Crippen LogP contribution is -2.26. The quantitative estimate of drug-likeness (QED) is 0.760. The highest BCUT2D eigenvalue weighted by atomic mass is 32.2. The Labute approximate surface area is 115 Å². The molecule has 0 spiro atoms. The van der Waals surface area contributed by atoms with Crippen molar-refractivity contribution >= 4 is 21.4 Å². The molecule has 0 radical (unpaired) electrons. The van der Waals surface area contributed by atoms with Gasteiger partial charge in [-0.1, -0.05) is 6.07 Å². The van der Waals surface area contributed by atoms with Gasteiger partial charge in [0.15, 0.2) is 0 Å². The SMILES string of the molecule is NS(=O)(=O)CCNCc1csc(-c2ccccn2)n1. The number of aromatic nitrogens is 2. The minimum absolute atomic E-state index is 0.0791. The van der Waals surface area contributed by atoms with Gasteiger partial charge in [0.25, 0.3) is 0 Å². The zero-order chi connectivity index (χ0) is 13.7. The summed E-state index contributed by atoms with van der Waals surface area (Å²) < 4.78 is 21.5. The minimum Gasteiger partial charge on any atom is -0.310 e. The van der Waals surface area contributed by atoms with Gasteiger partial charge in [0, 0.05) is 24.7 Å². The van der Waals surface area contributed by atoms with Gasteiger partial charge in [-0.05, 0) is 12.1 Å². The molecule has 0 aliphatic rings. The molecule has 0 amide bonds. The Balaban J connectivity index is 1.88. The van der Waals surface area contributed by atoms with Crippen LogP contribution in [0.4, 0.5) is 0 Å². The zero-order valence-electron chi connectivity index (χ0n) is 10.1.